The van der Waals surface area contributed by atoms with Crippen LogP contribution in [0.1, 0.15) is 16.3 Å². The van der Waals surface area contributed by atoms with Crippen molar-refractivity contribution in [2.24, 2.45) is 0 Å². The van der Waals surface area contributed by atoms with Crippen molar-refractivity contribution in [1.82, 2.24) is 19.7 Å². The lowest BCUT2D eigenvalue weighted by Gasteiger charge is -2.09. The Morgan fingerprint density at radius 3 is 2.75 bits per heavy atom. The molecule has 0 unspecified atom stereocenters. The van der Waals surface area contributed by atoms with Crippen LogP contribution in [0.5, 0.6) is 5.75 Å². The van der Waals surface area contributed by atoms with E-state index in [2.05, 4.69) is 43.0 Å². The number of rotatable bonds is 11. The maximum atomic E-state index is 12.5. The van der Waals surface area contributed by atoms with Crippen LogP contribution in [0.3, 0.4) is 0 Å². The molecule has 2 aromatic heterocycles. The Hall–Kier alpha value is -2.37. The van der Waals surface area contributed by atoms with Gasteiger partial charge in [-0.2, -0.15) is 0 Å². The lowest BCUT2D eigenvalue weighted by Crippen LogP contribution is -2.14. The first-order valence-electron chi connectivity index (χ1n) is 10.6. The van der Waals surface area contributed by atoms with E-state index in [1.165, 1.54) is 23.1 Å². The molecule has 0 radical (unpaired) electrons. The number of nitrogens with zero attached hydrogens (tertiary/aromatic N) is 4. The summed E-state index contributed by atoms with van der Waals surface area (Å²) in [4.78, 5) is 17.9. The van der Waals surface area contributed by atoms with Crippen molar-refractivity contribution in [2.45, 2.75) is 24.7 Å². The summed E-state index contributed by atoms with van der Waals surface area (Å²) in [5.74, 6) is 1.34. The molecule has 186 valence electrons. The SMILES string of the molecule is C=CCn1c(COc2ccc(Br)cc2)nnc1SCC(=O)Nc1ncc(Cc2ccc(Cl)c(Cl)c2)s1. The van der Waals surface area contributed by atoms with Crippen LogP contribution >= 0.6 is 62.2 Å². The number of aromatic nitrogens is 4. The number of ether oxygens (including phenoxy) is 1. The first-order valence-corrected chi connectivity index (χ1v) is 14.0. The van der Waals surface area contributed by atoms with Gasteiger partial charge in [0.2, 0.25) is 5.91 Å². The fraction of sp³-hybridized carbons (Fsp3) is 0.167. The number of anilines is 1. The summed E-state index contributed by atoms with van der Waals surface area (Å²) in [6.07, 6.45) is 4.14. The summed E-state index contributed by atoms with van der Waals surface area (Å²) in [5, 5.41) is 13.5. The maximum Gasteiger partial charge on any atom is 0.236 e. The number of hydrogen-bond acceptors (Lipinski definition) is 7. The average Bonchev–Trinajstić information content (AvgIpc) is 3.46. The van der Waals surface area contributed by atoms with Crippen LogP contribution in [0.2, 0.25) is 10.0 Å². The predicted molar refractivity (Wildman–Crippen MR) is 149 cm³/mol. The zero-order valence-corrected chi connectivity index (χ0v) is 23.5. The van der Waals surface area contributed by atoms with Gasteiger partial charge in [-0.1, -0.05) is 63.0 Å². The summed E-state index contributed by atoms with van der Waals surface area (Å²) in [5.41, 5.74) is 1.02. The summed E-state index contributed by atoms with van der Waals surface area (Å²) >= 11 is 18.2. The molecule has 4 rings (SSSR count). The Labute approximate surface area is 235 Å². The van der Waals surface area contributed by atoms with Crippen LogP contribution in [0.4, 0.5) is 5.13 Å². The lowest BCUT2D eigenvalue weighted by molar-refractivity contribution is -0.113. The second-order valence-electron chi connectivity index (χ2n) is 7.43. The number of thioether (sulfide) groups is 1. The second-order valence-corrected chi connectivity index (χ2v) is 11.2. The molecular weight excluding hydrogens is 605 g/mol. The third-order valence-electron chi connectivity index (χ3n) is 4.78. The highest BCUT2D eigenvalue weighted by atomic mass is 79.9. The van der Waals surface area contributed by atoms with Gasteiger partial charge in [-0.15, -0.1) is 28.1 Å². The largest absolute Gasteiger partial charge is 0.486 e. The van der Waals surface area contributed by atoms with E-state index in [0.717, 1.165) is 20.7 Å². The molecule has 0 atom stereocenters. The Kier molecular flexibility index (Phi) is 9.44. The molecule has 0 aliphatic rings. The molecule has 0 spiro atoms. The predicted octanol–water partition coefficient (Wildman–Crippen LogP) is 6.89. The minimum atomic E-state index is -0.184. The summed E-state index contributed by atoms with van der Waals surface area (Å²) in [6, 6.07) is 13.1. The van der Waals surface area contributed by atoms with Crippen molar-refractivity contribution in [2.75, 3.05) is 11.1 Å². The number of carbonyl (C=O) groups is 1. The van der Waals surface area contributed by atoms with Crippen molar-refractivity contribution in [3.8, 4) is 5.75 Å². The van der Waals surface area contributed by atoms with Crippen LogP contribution in [-0.2, 0) is 24.4 Å². The molecule has 0 aliphatic carbocycles. The number of benzene rings is 2. The van der Waals surface area contributed by atoms with Gasteiger partial charge in [0.1, 0.15) is 12.4 Å². The molecule has 12 heteroatoms. The molecule has 1 amide bonds. The number of thiazole rings is 1. The summed E-state index contributed by atoms with van der Waals surface area (Å²) in [6.45, 7) is 4.55. The van der Waals surface area contributed by atoms with Crippen molar-refractivity contribution in [3.05, 3.63) is 92.1 Å². The van der Waals surface area contributed by atoms with E-state index in [-0.39, 0.29) is 18.3 Å². The van der Waals surface area contributed by atoms with E-state index in [1.54, 1.807) is 18.3 Å². The normalized spacial score (nSPS) is 10.9. The van der Waals surface area contributed by atoms with E-state index >= 15 is 0 Å². The summed E-state index contributed by atoms with van der Waals surface area (Å²) < 4.78 is 8.67. The van der Waals surface area contributed by atoms with E-state index in [1.807, 2.05) is 41.0 Å². The molecule has 36 heavy (non-hydrogen) atoms. The highest BCUT2D eigenvalue weighted by molar-refractivity contribution is 9.10. The van der Waals surface area contributed by atoms with Crippen molar-refractivity contribution in [3.63, 3.8) is 0 Å². The van der Waals surface area contributed by atoms with Gasteiger partial charge < -0.3 is 10.1 Å². The number of amides is 1. The number of nitrogens with one attached hydrogen (secondary N) is 1. The smallest absolute Gasteiger partial charge is 0.236 e. The Balaban J connectivity index is 1.31. The van der Waals surface area contributed by atoms with Gasteiger partial charge >= 0.3 is 0 Å². The van der Waals surface area contributed by atoms with Crippen LogP contribution < -0.4 is 10.1 Å². The first-order chi connectivity index (χ1) is 17.4. The topological polar surface area (TPSA) is 81.9 Å². The first kappa shape index (κ1) is 26.7. The quantitative estimate of drug-likeness (QED) is 0.145. The monoisotopic (exact) mass is 623 g/mol. The molecule has 1 N–H and O–H groups in total. The van der Waals surface area contributed by atoms with Crippen molar-refractivity contribution in [1.29, 1.82) is 0 Å². The highest BCUT2D eigenvalue weighted by Crippen LogP contribution is 2.27. The molecule has 2 heterocycles. The van der Waals surface area contributed by atoms with Crippen LogP contribution in [0.15, 0.2) is 70.9 Å². The van der Waals surface area contributed by atoms with Gasteiger partial charge in [0, 0.05) is 28.5 Å². The molecule has 0 saturated heterocycles. The number of halogens is 3. The zero-order valence-electron chi connectivity index (χ0n) is 18.8. The van der Waals surface area contributed by atoms with E-state index in [9.17, 15) is 4.79 Å². The molecule has 0 bridgehead atoms. The van der Waals surface area contributed by atoms with Gasteiger partial charge in [-0.05, 0) is 42.0 Å². The van der Waals surface area contributed by atoms with Crippen molar-refractivity contribution >= 4 is 73.3 Å². The summed E-state index contributed by atoms with van der Waals surface area (Å²) in [7, 11) is 0. The van der Waals surface area contributed by atoms with Gasteiger partial charge in [-0.25, -0.2) is 4.98 Å². The minimum Gasteiger partial charge on any atom is -0.486 e. The number of allylic oxidation sites excluding steroid dienone is 1. The van der Waals surface area contributed by atoms with E-state index in [4.69, 9.17) is 27.9 Å². The van der Waals surface area contributed by atoms with E-state index in [0.29, 0.717) is 39.1 Å². The van der Waals surface area contributed by atoms with Gasteiger partial charge in [0.25, 0.3) is 0 Å². The molecule has 0 aliphatic heterocycles. The molecule has 4 aromatic rings. The fourth-order valence-corrected chi connectivity index (χ4v) is 5.32. The van der Waals surface area contributed by atoms with E-state index < -0.39 is 0 Å². The Morgan fingerprint density at radius 2 is 2.00 bits per heavy atom. The third kappa shape index (κ3) is 7.33. The standard InChI is InChI=1S/C24H20BrCl2N5O2S2/c1-2-9-32-21(13-34-17-6-4-16(25)5-7-17)30-31-24(32)35-14-22(33)29-23-28-12-18(36-23)10-15-3-8-19(26)20(27)11-15/h2-8,11-12H,1,9-10,13-14H2,(H,28,29,33). The van der Waals surface area contributed by atoms with Gasteiger partial charge in [0.05, 0.1) is 15.8 Å². The van der Waals surface area contributed by atoms with Crippen LogP contribution in [-0.4, -0.2) is 31.4 Å². The lowest BCUT2D eigenvalue weighted by atomic mass is 10.1. The zero-order chi connectivity index (χ0) is 25.5. The highest BCUT2D eigenvalue weighted by Gasteiger charge is 2.15. The second kappa shape index (κ2) is 12.7. The molecule has 2 aromatic carbocycles. The third-order valence-corrected chi connectivity index (χ3v) is 7.93. The number of hydrogen-bond donors (Lipinski definition) is 1. The van der Waals surface area contributed by atoms with Gasteiger partial charge in [0.15, 0.2) is 16.1 Å². The average molecular weight is 625 g/mol. The minimum absolute atomic E-state index is 0.157. The maximum absolute atomic E-state index is 12.5. The fourth-order valence-electron chi connectivity index (χ4n) is 3.11. The van der Waals surface area contributed by atoms with Crippen molar-refractivity contribution < 1.29 is 9.53 Å². The van der Waals surface area contributed by atoms with Gasteiger partial charge in [-0.3, -0.25) is 9.36 Å². The Morgan fingerprint density at radius 1 is 1.19 bits per heavy atom. The van der Waals surface area contributed by atoms with Crippen LogP contribution in [0, 0.1) is 0 Å². The Bertz CT molecular complexity index is 1360. The molecule has 7 nitrogen and oxygen atoms in total. The van der Waals surface area contributed by atoms with Crippen LogP contribution in [0.25, 0.3) is 0 Å². The molecular formula is C24H20BrCl2N5O2S2. The molecule has 0 saturated carbocycles. The number of carbonyl (C=O) groups excluding carboxylic acids is 1. The molecule has 0 fully saturated rings.